The highest BCUT2D eigenvalue weighted by atomic mass is 35.5. The number of fused-ring (bicyclic) bond motifs is 2. The fourth-order valence-electron chi connectivity index (χ4n) is 3.86. The molecule has 1 aliphatic heterocycles. The second-order valence-electron chi connectivity index (χ2n) is 6.80. The van der Waals surface area contributed by atoms with Crippen molar-refractivity contribution in [3.05, 3.63) is 46.1 Å². The van der Waals surface area contributed by atoms with Crippen LogP contribution in [0.1, 0.15) is 25.5 Å². The molecule has 0 saturated heterocycles. The number of benzene rings is 2. The topological polar surface area (TPSA) is 57.0 Å². The minimum atomic E-state index is -0.881. The van der Waals surface area contributed by atoms with Gasteiger partial charge in [0.2, 0.25) is 5.91 Å². The zero-order valence-electron chi connectivity index (χ0n) is 14.3. The van der Waals surface area contributed by atoms with Gasteiger partial charge >= 0.3 is 0 Å². The van der Waals surface area contributed by atoms with E-state index in [1.807, 2.05) is 31.2 Å². The number of carbonyl (C=O) groups excluding carboxylic acids is 1. The number of pyridine rings is 1. The summed E-state index contributed by atoms with van der Waals surface area (Å²) in [5.74, 6) is -0.0651. The number of hydrogen-bond acceptors (Lipinski definition) is 3. The molecule has 4 nitrogen and oxygen atoms in total. The van der Waals surface area contributed by atoms with E-state index in [1.165, 1.54) is 0 Å². The third-order valence-electron chi connectivity index (χ3n) is 5.22. The maximum Gasteiger partial charge on any atom is 0.238 e. The Morgan fingerprint density at radius 2 is 2.04 bits per heavy atom. The van der Waals surface area contributed by atoms with Gasteiger partial charge in [-0.05, 0) is 36.9 Å². The lowest BCUT2D eigenvalue weighted by molar-refractivity contribution is -0.123. The Kier molecular flexibility index (Phi) is 3.83. The maximum atomic E-state index is 13.2. The number of carbonyl (C=O) groups is 1. The summed E-state index contributed by atoms with van der Waals surface area (Å²) in [5, 5.41) is 12.8. The molecule has 0 saturated carbocycles. The van der Waals surface area contributed by atoms with Crippen molar-refractivity contribution in [2.24, 2.45) is 0 Å². The van der Waals surface area contributed by atoms with Crippen LogP contribution < -0.4 is 4.90 Å². The van der Waals surface area contributed by atoms with Gasteiger partial charge in [0, 0.05) is 29.3 Å². The van der Waals surface area contributed by atoms with Crippen LogP contribution in [0.15, 0.2) is 30.3 Å². The number of anilines is 1. The molecule has 26 heavy (non-hydrogen) atoms. The van der Waals surface area contributed by atoms with Crippen molar-refractivity contribution in [2.45, 2.75) is 25.2 Å². The molecular weight excluding hydrogens is 369 g/mol. The molecular formula is C20H15Cl2N3O. The van der Waals surface area contributed by atoms with Crippen molar-refractivity contribution in [3.63, 3.8) is 0 Å². The van der Waals surface area contributed by atoms with E-state index in [0.29, 0.717) is 27.7 Å². The number of halogens is 2. The van der Waals surface area contributed by atoms with Gasteiger partial charge in [-0.1, -0.05) is 35.3 Å². The molecule has 1 aromatic heterocycles. The first-order valence-corrected chi connectivity index (χ1v) is 9.01. The maximum absolute atomic E-state index is 13.2. The van der Waals surface area contributed by atoms with Crippen molar-refractivity contribution < 1.29 is 4.79 Å². The molecule has 2 aromatic carbocycles. The third kappa shape index (κ3) is 2.21. The first kappa shape index (κ1) is 17.1. The van der Waals surface area contributed by atoms with Crippen molar-refractivity contribution in [1.29, 1.82) is 5.26 Å². The Bertz CT molecular complexity index is 1140. The van der Waals surface area contributed by atoms with Gasteiger partial charge in [-0.2, -0.15) is 5.26 Å². The van der Waals surface area contributed by atoms with E-state index in [4.69, 9.17) is 33.4 Å². The van der Waals surface area contributed by atoms with Gasteiger partial charge in [-0.3, -0.25) is 4.79 Å². The molecule has 1 aliphatic rings. The molecule has 3 aromatic rings. The van der Waals surface area contributed by atoms with Crippen LogP contribution in [-0.2, 0) is 10.2 Å². The van der Waals surface area contributed by atoms with Gasteiger partial charge in [-0.15, -0.1) is 0 Å². The predicted octanol–water partition coefficient (Wildman–Crippen LogP) is 5.23. The Balaban J connectivity index is 2.20. The fraction of sp³-hybridized carbons (Fsp3) is 0.250. The largest absolute Gasteiger partial charge is 0.314 e. The summed E-state index contributed by atoms with van der Waals surface area (Å²) in [4.78, 5) is 19.6. The van der Waals surface area contributed by atoms with Crippen LogP contribution in [0.4, 0.5) is 5.69 Å². The number of hydrogen-bond donors (Lipinski definition) is 0. The van der Waals surface area contributed by atoms with Crippen molar-refractivity contribution in [1.82, 2.24) is 4.98 Å². The fourth-order valence-corrected chi connectivity index (χ4v) is 4.39. The second kappa shape index (κ2) is 5.84. The van der Waals surface area contributed by atoms with Crippen LogP contribution >= 0.6 is 23.2 Å². The van der Waals surface area contributed by atoms with Gasteiger partial charge in [0.05, 0.1) is 33.4 Å². The van der Waals surface area contributed by atoms with E-state index in [-0.39, 0.29) is 12.3 Å². The van der Waals surface area contributed by atoms with Crippen LogP contribution in [0.25, 0.3) is 21.7 Å². The summed E-state index contributed by atoms with van der Waals surface area (Å²) in [6.45, 7) is 1.86. The summed E-state index contributed by atoms with van der Waals surface area (Å²) in [6, 6.07) is 11.5. The number of aromatic nitrogens is 1. The quantitative estimate of drug-likeness (QED) is 0.569. The Hall–Kier alpha value is -2.35. The number of nitrogens with zero attached hydrogens (tertiary/aromatic N) is 3. The number of rotatable bonds is 2. The highest BCUT2D eigenvalue weighted by molar-refractivity contribution is 6.39. The monoisotopic (exact) mass is 383 g/mol. The molecule has 1 atom stereocenters. The van der Waals surface area contributed by atoms with Crippen molar-refractivity contribution in [2.75, 3.05) is 11.9 Å². The van der Waals surface area contributed by atoms with Crippen LogP contribution in [0.2, 0.25) is 10.0 Å². The Labute approximate surface area is 160 Å². The zero-order valence-corrected chi connectivity index (χ0v) is 15.8. The Morgan fingerprint density at radius 3 is 2.77 bits per heavy atom. The first-order chi connectivity index (χ1) is 12.4. The van der Waals surface area contributed by atoms with E-state index < -0.39 is 5.41 Å². The first-order valence-electron chi connectivity index (χ1n) is 8.25. The van der Waals surface area contributed by atoms with Gasteiger partial charge < -0.3 is 4.90 Å². The van der Waals surface area contributed by atoms with E-state index in [9.17, 15) is 4.79 Å². The third-order valence-corrected chi connectivity index (χ3v) is 5.73. The molecule has 0 N–H and O–H groups in total. The van der Waals surface area contributed by atoms with E-state index in [0.717, 1.165) is 21.8 Å². The SMILES string of the molecule is CN1C(=O)C(C)(CCC#N)c2nc3c(Cl)cc(Cl)cc3c3cccc1c23. The van der Waals surface area contributed by atoms with Gasteiger partial charge in [0.15, 0.2) is 0 Å². The molecule has 0 radical (unpaired) electrons. The average molecular weight is 384 g/mol. The summed E-state index contributed by atoms with van der Waals surface area (Å²) in [5.41, 5.74) is 1.23. The molecule has 1 amide bonds. The van der Waals surface area contributed by atoms with Crippen molar-refractivity contribution >= 4 is 56.5 Å². The predicted molar refractivity (Wildman–Crippen MR) is 105 cm³/mol. The molecule has 0 fully saturated rings. The lowest BCUT2D eigenvalue weighted by atomic mass is 9.75. The number of nitriles is 1. The van der Waals surface area contributed by atoms with E-state index >= 15 is 0 Å². The molecule has 6 heteroatoms. The molecule has 130 valence electrons. The number of likely N-dealkylation sites (N-methyl/N-ethyl adjacent to an activating group) is 1. The smallest absolute Gasteiger partial charge is 0.238 e. The van der Waals surface area contributed by atoms with Gasteiger partial charge in [0.1, 0.15) is 0 Å². The number of amides is 1. The molecule has 1 unspecified atom stereocenters. The lowest BCUT2D eigenvalue weighted by Crippen LogP contribution is -2.47. The highest BCUT2D eigenvalue weighted by Gasteiger charge is 2.44. The van der Waals surface area contributed by atoms with Gasteiger partial charge in [-0.25, -0.2) is 4.98 Å². The second-order valence-corrected chi connectivity index (χ2v) is 7.64. The van der Waals surface area contributed by atoms with E-state index in [2.05, 4.69) is 6.07 Å². The minimum Gasteiger partial charge on any atom is -0.314 e. The van der Waals surface area contributed by atoms with Crippen LogP contribution in [0.5, 0.6) is 0 Å². The summed E-state index contributed by atoms with van der Waals surface area (Å²) in [7, 11) is 1.76. The lowest BCUT2D eigenvalue weighted by Gasteiger charge is -2.38. The Morgan fingerprint density at radius 1 is 1.27 bits per heavy atom. The normalized spacial score (nSPS) is 19.2. The van der Waals surface area contributed by atoms with E-state index in [1.54, 1.807) is 18.0 Å². The highest BCUT2D eigenvalue weighted by Crippen LogP contribution is 2.46. The van der Waals surface area contributed by atoms with Crippen LogP contribution in [0.3, 0.4) is 0 Å². The summed E-state index contributed by atoms with van der Waals surface area (Å²) >= 11 is 12.6. The molecule has 0 aliphatic carbocycles. The molecule has 4 rings (SSSR count). The van der Waals surface area contributed by atoms with Gasteiger partial charge in [0.25, 0.3) is 0 Å². The van der Waals surface area contributed by atoms with Crippen LogP contribution in [-0.4, -0.2) is 17.9 Å². The molecule has 0 bridgehead atoms. The molecule has 2 heterocycles. The standard InChI is InChI=1S/C20H15Cl2N3O/c1-20(7-4-8-23)18-16-12(5-3-6-15(16)25(2)19(20)26)13-9-11(21)10-14(22)17(13)24-18/h3,5-6,9-10H,4,7H2,1-2H3. The summed E-state index contributed by atoms with van der Waals surface area (Å²) in [6.07, 6.45) is 0.674. The minimum absolute atomic E-state index is 0.0651. The van der Waals surface area contributed by atoms with Crippen molar-refractivity contribution in [3.8, 4) is 6.07 Å². The summed E-state index contributed by atoms with van der Waals surface area (Å²) < 4.78 is 0. The average Bonchev–Trinajstić information content (AvgIpc) is 2.63. The van der Waals surface area contributed by atoms with Crippen LogP contribution in [0, 0.1) is 11.3 Å². The molecule has 0 spiro atoms. The zero-order chi connectivity index (χ0) is 18.6.